The first-order valence-corrected chi connectivity index (χ1v) is 8.67. The molecule has 0 aromatic heterocycles. The molecular weight excluding hydrogens is 330 g/mol. The molecule has 4 heteroatoms. The summed E-state index contributed by atoms with van der Waals surface area (Å²) in [5.41, 5.74) is 1.11. The van der Waals surface area contributed by atoms with Crippen molar-refractivity contribution in [3.63, 3.8) is 0 Å². The minimum absolute atomic E-state index is 0.212. The van der Waals surface area contributed by atoms with E-state index in [1.165, 1.54) is 25.7 Å². The van der Waals surface area contributed by atoms with Crippen LogP contribution >= 0.6 is 15.9 Å². The summed E-state index contributed by atoms with van der Waals surface area (Å²) in [6, 6.07) is 6.23. The smallest absolute Gasteiger partial charge is 0.124 e. The van der Waals surface area contributed by atoms with Crippen molar-refractivity contribution in [3.05, 3.63) is 28.2 Å². The van der Waals surface area contributed by atoms with Crippen LogP contribution in [0.5, 0.6) is 5.75 Å². The van der Waals surface area contributed by atoms with Gasteiger partial charge in [-0.25, -0.2) is 0 Å². The fourth-order valence-corrected chi connectivity index (χ4v) is 3.41. The second-order valence-corrected chi connectivity index (χ2v) is 6.96. The standard InChI is InChI=1S/C17H26BrNO2/c1-12(19-2)16-10-14(18)7-8-17(16)21-11-15(20)9-13-5-3-4-6-13/h7-8,10,12-13,15,19-20H,3-6,9,11H2,1-2H3. The SMILES string of the molecule is CNC(C)c1cc(Br)ccc1OCC(O)CC1CCCC1. The summed E-state index contributed by atoms with van der Waals surface area (Å²) >= 11 is 3.50. The van der Waals surface area contributed by atoms with Gasteiger partial charge in [-0.2, -0.15) is 0 Å². The van der Waals surface area contributed by atoms with Gasteiger partial charge in [-0.15, -0.1) is 0 Å². The number of rotatable bonds is 7. The summed E-state index contributed by atoms with van der Waals surface area (Å²) < 4.78 is 6.92. The molecule has 2 atom stereocenters. The second-order valence-electron chi connectivity index (χ2n) is 6.04. The number of ether oxygens (including phenoxy) is 1. The molecule has 1 fully saturated rings. The molecule has 0 spiro atoms. The molecular formula is C17H26BrNO2. The van der Waals surface area contributed by atoms with Crippen LogP contribution in [-0.4, -0.2) is 24.9 Å². The normalized spacial score (nSPS) is 18.7. The molecule has 0 radical (unpaired) electrons. The average molecular weight is 356 g/mol. The van der Waals surface area contributed by atoms with Gasteiger partial charge in [0.25, 0.3) is 0 Å². The van der Waals surface area contributed by atoms with E-state index in [0.717, 1.165) is 22.2 Å². The lowest BCUT2D eigenvalue weighted by Gasteiger charge is -2.20. The highest BCUT2D eigenvalue weighted by atomic mass is 79.9. The third kappa shape index (κ3) is 4.97. The van der Waals surface area contributed by atoms with E-state index in [4.69, 9.17) is 4.74 Å². The summed E-state index contributed by atoms with van der Waals surface area (Å²) in [6.07, 6.45) is 5.65. The molecule has 1 aliphatic rings. The number of aliphatic hydroxyl groups is 1. The van der Waals surface area contributed by atoms with Gasteiger partial charge in [-0.3, -0.25) is 0 Å². The molecule has 0 bridgehead atoms. The Hall–Kier alpha value is -0.580. The van der Waals surface area contributed by atoms with Gasteiger partial charge in [-0.05, 0) is 44.5 Å². The molecule has 2 unspecified atom stereocenters. The maximum Gasteiger partial charge on any atom is 0.124 e. The van der Waals surface area contributed by atoms with Crippen LogP contribution in [0.2, 0.25) is 0 Å². The first-order chi connectivity index (χ1) is 10.1. The zero-order valence-corrected chi connectivity index (χ0v) is 14.5. The largest absolute Gasteiger partial charge is 0.491 e. The van der Waals surface area contributed by atoms with E-state index in [2.05, 4.69) is 34.2 Å². The third-order valence-electron chi connectivity index (χ3n) is 4.38. The van der Waals surface area contributed by atoms with Crippen molar-refractivity contribution in [2.45, 2.75) is 51.2 Å². The first kappa shape index (κ1) is 16.8. The predicted octanol–water partition coefficient (Wildman–Crippen LogP) is 4.05. The van der Waals surface area contributed by atoms with Crippen molar-refractivity contribution in [3.8, 4) is 5.75 Å². The lowest BCUT2D eigenvalue weighted by atomic mass is 10.0. The van der Waals surface area contributed by atoms with Crippen molar-refractivity contribution >= 4 is 15.9 Å². The molecule has 1 aliphatic carbocycles. The maximum absolute atomic E-state index is 10.2. The molecule has 0 saturated heterocycles. The Kier molecular flexibility index (Phi) is 6.52. The van der Waals surface area contributed by atoms with Gasteiger partial charge >= 0.3 is 0 Å². The highest BCUT2D eigenvalue weighted by molar-refractivity contribution is 9.10. The summed E-state index contributed by atoms with van der Waals surface area (Å²) in [6.45, 7) is 2.48. The van der Waals surface area contributed by atoms with Crippen LogP contribution in [0.15, 0.2) is 22.7 Å². The average Bonchev–Trinajstić information content (AvgIpc) is 2.98. The Morgan fingerprint density at radius 1 is 1.38 bits per heavy atom. The topological polar surface area (TPSA) is 41.5 Å². The van der Waals surface area contributed by atoms with Crippen LogP contribution < -0.4 is 10.1 Å². The van der Waals surface area contributed by atoms with Crippen LogP contribution in [0, 0.1) is 5.92 Å². The number of benzene rings is 1. The van der Waals surface area contributed by atoms with Gasteiger partial charge < -0.3 is 15.2 Å². The predicted molar refractivity (Wildman–Crippen MR) is 89.7 cm³/mol. The Morgan fingerprint density at radius 2 is 2.10 bits per heavy atom. The molecule has 1 aromatic carbocycles. The van der Waals surface area contributed by atoms with Crippen LogP contribution in [0.4, 0.5) is 0 Å². The van der Waals surface area contributed by atoms with E-state index in [9.17, 15) is 5.11 Å². The lowest BCUT2D eigenvalue weighted by molar-refractivity contribution is 0.0849. The number of halogens is 1. The van der Waals surface area contributed by atoms with E-state index in [0.29, 0.717) is 12.5 Å². The molecule has 1 aromatic rings. The fraction of sp³-hybridized carbons (Fsp3) is 0.647. The molecule has 118 valence electrons. The molecule has 1 saturated carbocycles. The molecule has 0 heterocycles. The van der Waals surface area contributed by atoms with E-state index in [-0.39, 0.29) is 12.1 Å². The van der Waals surface area contributed by atoms with Crippen LogP contribution in [0.1, 0.15) is 50.6 Å². The van der Waals surface area contributed by atoms with E-state index in [1.54, 1.807) is 0 Å². The minimum Gasteiger partial charge on any atom is -0.491 e. The second kappa shape index (κ2) is 8.16. The first-order valence-electron chi connectivity index (χ1n) is 7.87. The zero-order chi connectivity index (χ0) is 15.2. The number of hydrogen-bond acceptors (Lipinski definition) is 3. The third-order valence-corrected chi connectivity index (χ3v) is 4.88. The van der Waals surface area contributed by atoms with Crippen molar-refractivity contribution in [2.75, 3.05) is 13.7 Å². The zero-order valence-electron chi connectivity index (χ0n) is 12.9. The van der Waals surface area contributed by atoms with Gasteiger partial charge in [0, 0.05) is 16.1 Å². The Bertz CT molecular complexity index is 446. The molecule has 0 amide bonds. The Labute approximate surface area is 136 Å². The fourth-order valence-electron chi connectivity index (χ4n) is 3.03. The minimum atomic E-state index is -0.366. The number of aliphatic hydroxyl groups excluding tert-OH is 1. The molecule has 2 rings (SSSR count). The summed E-state index contributed by atoms with van der Waals surface area (Å²) in [4.78, 5) is 0. The summed E-state index contributed by atoms with van der Waals surface area (Å²) in [5, 5.41) is 13.4. The monoisotopic (exact) mass is 355 g/mol. The summed E-state index contributed by atoms with van der Waals surface area (Å²) in [7, 11) is 1.93. The van der Waals surface area contributed by atoms with E-state index in [1.807, 2.05) is 19.2 Å². The van der Waals surface area contributed by atoms with Gasteiger partial charge in [-0.1, -0.05) is 41.6 Å². The van der Waals surface area contributed by atoms with Gasteiger partial charge in [0.15, 0.2) is 0 Å². The quantitative estimate of drug-likeness (QED) is 0.775. The van der Waals surface area contributed by atoms with Gasteiger partial charge in [0.2, 0.25) is 0 Å². The van der Waals surface area contributed by atoms with Gasteiger partial charge in [0.1, 0.15) is 12.4 Å². The maximum atomic E-state index is 10.2. The molecule has 0 aliphatic heterocycles. The van der Waals surface area contributed by atoms with Crippen molar-refractivity contribution in [2.24, 2.45) is 5.92 Å². The van der Waals surface area contributed by atoms with Crippen LogP contribution in [-0.2, 0) is 0 Å². The molecule has 2 N–H and O–H groups in total. The molecule has 3 nitrogen and oxygen atoms in total. The van der Waals surface area contributed by atoms with Crippen molar-refractivity contribution in [1.82, 2.24) is 5.32 Å². The lowest BCUT2D eigenvalue weighted by Crippen LogP contribution is -2.21. The van der Waals surface area contributed by atoms with E-state index < -0.39 is 0 Å². The highest BCUT2D eigenvalue weighted by Crippen LogP contribution is 2.30. The van der Waals surface area contributed by atoms with Crippen LogP contribution in [0.3, 0.4) is 0 Å². The van der Waals surface area contributed by atoms with E-state index >= 15 is 0 Å². The van der Waals surface area contributed by atoms with Crippen molar-refractivity contribution in [1.29, 1.82) is 0 Å². The Balaban J connectivity index is 1.92. The highest BCUT2D eigenvalue weighted by Gasteiger charge is 2.19. The summed E-state index contributed by atoms with van der Waals surface area (Å²) in [5.74, 6) is 1.54. The number of nitrogens with one attached hydrogen (secondary N) is 1. The molecule has 21 heavy (non-hydrogen) atoms. The van der Waals surface area contributed by atoms with Gasteiger partial charge in [0.05, 0.1) is 6.10 Å². The Morgan fingerprint density at radius 3 is 2.76 bits per heavy atom. The van der Waals surface area contributed by atoms with Crippen LogP contribution in [0.25, 0.3) is 0 Å². The van der Waals surface area contributed by atoms with Crippen molar-refractivity contribution < 1.29 is 9.84 Å². The number of hydrogen-bond donors (Lipinski definition) is 2.